The number of nitrogens with one attached hydrogen (secondary N) is 1. The van der Waals surface area contributed by atoms with Crippen LogP contribution in [0.25, 0.3) is 0 Å². The number of aromatic nitrogens is 2. The summed E-state index contributed by atoms with van der Waals surface area (Å²) >= 11 is 0. The Balaban J connectivity index is 1.99. The second kappa shape index (κ2) is 7.92. The molecule has 134 valence electrons. The smallest absolute Gasteiger partial charge is 0.221 e. The minimum atomic E-state index is -3.12. The van der Waals surface area contributed by atoms with Crippen molar-refractivity contribution in [1.29, 1.82) is 0 Å². The first-order valence-electron chi connectivity index (χ1n) is 8.31. The predicted octanol–water partition coefficient (Wildman–Crippen LogP) is 0.941. The third kappa shape index (κ3) is 5.43. The topological polar surface area (TPSA) is 92.3 Å². The third-order valence-electron chi connectivity index (χ3n) is 4.25. The van der Waals surface area contributed by atoms with E-state index in [1.807, 2.05) is 19.1 Å². The molecule has 2 heterocycles. The number of hydrogen-bond acceptors (Lipinski definition) is 6. The second-order valence-electron chi connectivity index (χ2n) is 6.54. The maximum atomic E-state index is 12.1. The Labute approximate surface area is 143 Å². The van der Waals surface area contributed by atoms with Crippen LogP contribution in [-0.4, -0.2) is 55.7 Å². The highest BCUT2D eigenvalue weighted by atomic mass is 32.2. The van der Waals surface area contributed by atoms with Gasteiger partial charge in [0.25, 0.3) is 0 Å². The molecule has 1 saturated heterocycles. The molecule has 24 heavy (non-hydrogen) atoms. The Morgan fingerprint density at radius 1 is 1.33 bits per heavy atom. The van der Waals surface area contributed by atoms with E-state index in [1.165, 1.54) is 0 Å². The number of rotatable bonds is 7. The highest BCUT2D eigenvalue weighted by molar-refractivity contribution is 7.90. The number of amides is 1. The molecule has 1 N–H and O–H groups in total. The Morgan fingerprint density at radius 2 is 2.08 bits per heavy atom. The number of carbonyl (C=O) groups is 1. The molecule has 1 aromatic rings. The van der Waals surface area contributed by atoms with Crippen molar-refractivity contribution < 1.29 is 13.2 Å². The van der Waals surface area contributed by atoms with Crippen LogP contribution in [0.4, 0.5) is 5.82 Å². The lowest BCUT2D eigenvalue weighted by molar-refractivity contribution is -0.121. The molecule has 2 rings (SSSR count). The van der Waals surface area contributed by atoms with Crippen molar-refractivity contribution in [3.8, 4) is 0 Å². The van der Waals surface area contributed by atoms with Gasteiger partial charge >= 0.3 is 0 Å². The fourth-order valence-electron chi connectivity index (χ4n) is 3.00. The summed E-state index contributed by atoms with van der Waals surface area (Å²) in [6.07, 6.45) is 3.20. The Bertz CT molecular complexity index is 660. The van der Waals surface area contributed by atoms with E-state index in [0.29, 0.717) is 12.5 Å². The summed E-state index contributed by atoms with van der Waals surface area (Å²) in [5, 5.41) is 11.3. The molecule has 1 amide bonds. The van der Waals surface area contributed by atoms with Gasteiger partial charge < -0.3 is 10.2 Å². The zero-order chi connectivity index (χ0) is 17.7. The highest BCUT2D eigenvalue weighted by Crippen LogP contribution is 2.25. The predicted molar refractivity (Wildman–Crippen MR) is 93.6 cm³/mol. The van der Waals surface area contributed by atoms with Gasteiger partial charge in [0, 0.05) is 25.8 Å². The summed E-state index contributed by atoms with van der Waals surface area (Å²) < 4.78 is 22.4. The zero-order valence-electron chi connectivity index (χ0n) is 14.5. The number of carbonyl (C=O) groups excluding carboxylic acids is 1. The van der Waals surface area contributed by atoms with Crippen molar-refractivity contribution in [2.24, 2.45) is 5.92 Å². The van der Waals surface area contributed by atoms with Crippen molar-refractivity contribution >= 4 is 21.6 Å². The van der Waals surface area contributed by atoms with Crippen molar-refractivity contribution in [1.82, 2.24) is 15.5 Å². The Hall–Kier alpha value is -1.70. The Kier molecular flexibility index (Phi) is 6.15. The molecule has 1 aliphatic rings. The average molecular weight is 354 g/mol. The SMILES string of the molecule is CCC[C@@H]1CN(c2ccc(C)nn2)C[C@H]1NC(=O)CCS(C)(=O)=O. The number of sulfone groups is 1. The summed E-state index contributed by atoms with van der Waals surface area (Å²) in [5.41, 5.74) is 0.869. The molecule has 1 fully saturated rings. The van der Waals surface area contributed by atoms with Gasteiger partial charge in [-0.1, -0.05) is 13.3 Å². The minimum Gasteiger partial charge on any atom is -0.353 e. The summed E-state index contributed by atoms with van der Waals surface area (Å²) in [6.45, 7) is 5.51. The van der Waals surface area contributed by atoms with E-state index >= 15 is 0 Å². The van der Waals surface area contributed by atoms with E-state index in [-0.39, 0.29) is 24.1 Å². The van der Waals surface area contributed by atoms with Crippen LogP contribution in [0.5, 0.6) is 0 Å². The molecule has 2 atom stereocenters. The van der Waals surface area contributed by atoms with Gasteiger partial charge in [0.05, 0.1) is 17.5 Å². The summed E-state index contributed by atoms with van der Waals surface area (Å²) in [7, 11) is -3.12. The first-order valence-corrected chi connectivity index (χ1v) is 10.4. The average Bonchev–Trinajstić information content (AvgIpc) is 2.88. The fraction of sp³-hybridized carbons (Fsp3) is 0.688. The molecular formula is C16H26N4O3S. The lowest BCUT2D eigenvalue weighted by Gasteiger charge is -2.19. The summed E-state index contributed by atoms with van der Waals surface area (Å²) in [6, 6.07) is 3.88. The number of hydrogen-bond donors (Lipinski definition) is 1. The largest absolute Gasteiger partial charge is 0.353 e. The van der Waals surface area contributed by atoms with E-state index in [9.17, 15) is 13.2 Å². The molecular weight excluding hydrogens is 328 g/mol. The number of nitrogens with zero attached hydrogens (tertiary/aromatic N) is 3. The van der Waals surface area contributed by atoms with Gasteiger partial charge in [-0.05, 0) is 31.4 Å². The summed E-state index contributed by atoms with van der Waals surface area (Å²) in [4.78, 5) is 14.2. The molecule has 0 aliphatic carbocycles. The van der Waals surface area contributed by atoms with Crippen molar-refractivity contribution in [3.63, 3.8) is 0 Å². The monoisotopic (exact) mass is 354 g/mol. The molecule has 0 saturated carbocycles. The van der Waals surface area contributed by atoms with Crippen LogP contribution in [0.1, 0.15) is 31.9 Å². The zero-order valence-corrected chi connectivity index (χ0v) is 15.3. The molecule has 0 aromatic carbocycles. The molecule has 0 spiro atoms. The van der Waals surface area contributed by atoms with Crippen molar-refractivity contribution in [3.05, 3.63) is 17.8 Å². The molecule has 7 nitrogen and oxygen atoms in total. The van der Waals surface area contributed by atoms with Gasteiger partial charge in [-0.15, -0.1) is 5.10 Å². The maximum Gasteiger partial charge on any atom is 0.221 e. The molecule has 0 unspecified atom stereocenters. The van der Waals surface area contributed by atoms with E-state index in [2.05, 4.69) is 27.3 Å². The molecule has 0 bridgehead atoms. The van der Waals surface area contributed by atoms with E-state index < -0.39 is 9.84 Å². The minimum absolute atomic E-state index is 0.0124. The first-order chi connectivity index (χ1) is 11.3. The lowest BCUT2D eigenvalue weighted by Crippen LogP contribution is -2.41. The van der Waals surface area contributed by atoms with Crippen molar-refractivity contribution in [2.75, 3.05) is 30.0 Å². The molecule has 0 radical (unpaired) electrons. The fourth-order valence-corrected chi connectivity index (χ4v) is 3.56. The van der Waals surface area contributed by atoms with Gasteiger partial charge in [0.2, 0.25) is 5.91 Å². The van der Waals surface area contributed by atoms with Crippen LogP contribution in [0, 0.1) is 12.8 Å². The van der Waals surface area contributed by atoms with E-state index in [1.54, 1.807) is 0 Å². The Morgan fingerprint density at radius 3 is 2.67 bits per heavy atom. The van der Waals surface area contributed by atoms with Gasteiger partial charge in [-0.2, -0.15) is 5.10 Å². The maximum absolute atomic E-state index is 12.1. The van der Waals surface area contributed by atoms with Crippen molar-refractivity contribution in [2.45, 2.75) is 39.2 Å². The second-order valence-corrected chi connectivity index (χ2v) is 8.80. The summed E-state index contributed by atoms with van der Waals surface area (Å²) in [5.74, 6) is 0.829. The van der Waals surface area contributed by atoms with E-state index in [0.717, 1.165) is 37.2 Å². The standard InChI is InChI=1S/C16H26N4O3S/c1-4-5-13-10-20(15-7-6-12(2)18-19-15)11-14(13)17-16(21)8-9-24(3,22)23/h6-7,13-14H,4-5,8-11H2,1-3H3,(H,17,21)/t13-,14-/m1/s1. The van der Waals surface area contributed by atoms with Gasteiger partial charge in [-0.25, -0.2) is 8.42 Å². The normalized spacial score (nSPS) is 21.0. The quantitative estimate of drug-likeness (QED) is 0.783. The van der Waals surface area contributed by atoms with E-state index in [4.69, 9.17) is 0 Å². The number of aryl methyl sites for hydroxylation is 1. The highest BCUT2D eigenvalue weighted by Gasteiger charge is 2.33. The third-order valence-corrected chi connectivity index (χ3v) is 5.20. The van der Waals surface area contributed by atoms with Gasteiger partial charge in [0.15, 0.2) is 5.82 Å². The first kappa shape index (κ1) is 18.6. The lowest BCUT2D eigenvalue weighted by atomic mass is 9.98. The molecule has 1 aromatic heterocycles. The van der Waals surface area contributed by atoms with Crippen LogP contribution >= 0.6 is 0 Å². The van der Waals surface area contributed by atoms with Crippen LogP contribution in [0.3, 0.4) is 0 Å². The van der Waals surface area contributed by atoms with Crippen LogP contribution in [0.2, 0.25) is 0 Å². The van der Waals surface area contributed by atoms with Crippen LogP contribution in [-0.2, 0) is 14.6 Å². The molecule has 1 aliphatic heterocycles. The number of anilines is 1. The van der Waals surface area contributed by atoms with Gasteiger partial charge in [0.1, 0.15) is 9.84 Å². The van der Waals surface area contributed by atoms with Crippen LogP contribution < -0.4 is 10.2 Å². The molecule has 8 heteroatoms. The van der Waals surface area contributed by atoms with Crippen LogP contribution in [0.15, 0.2) is 12.1 Å². The van der Waals surface area contributed by atoms with Gasteiger partial charge in [-0.3, -0.25) is 4.79 Å².